The van der Waals surface area contributed by atoms with Crippen molar-refractivity contribution < 1.29 is 14.0 Å². The molecule has 1 heterocycles. The second-order valence-electron chi connectivity index (χ2n) is 8.75. The van der Waals surface area contributed by atoms with Crippen LogP contribution in [0.2, 0.25) is 0 Å². The molecule has 3 fully saturated rings. The maximum Gasteiger partial charge on any atom is 0.256 e. The summed E-state index contributed by atoms with van der Waals surface area (Å²) >= 11 is 0. The number of nitrogens with two attached hydrogens (primary N) is 1. The van der Waals surface area contributed by atoms with Crippen LogP contribution in [0.4, 0.5) is 4.39 Å². The van der Waals surface area contributed by atoms with Crippen molar-refractivity contribution in [2.24, 2.45) is 23.5 Å². The van der Waals surface area contributed by atoms with Gasteiger partial charge in [-0.15, -0.1) is 0 Å². The van der Waals surface area contributed by atoms with Crippen molar-refractivity contribution in [3.05, 3.63) is 35.6 Å². The van der Waals surface area contributed by atoms with Crippen LogP contribution < -0.4 is 11.1 Å². The van der Waals surface area contributed by atoms with Gasteiger partial charge in [0.25, 0.3) is 5.91 Å². The molecule has 1 aromatic carbocycles. The largest absolute Gasteiger partial charge is 0.353 e. The summed E-state index contributed by atoms with van der Waals surface area (Å²) in [7, 11) is 0. The molecule has 5 nitrogen and oxygen atoms in total. The number of piperidine rings is 1. The number of nitrogens with one attached hydrogen (secondary N) is 1. The lowest BCUT2D eigenvalue weighted by Gasteiger charge is -2.44. The van der Waals surface area contributed by atoms with Gasteiger partial charge in [0, 0.05) is 31.1 Å². The Morgan fingerprint density at radius 1 is 1.04 bits per heavy atom. The first-order chi connectivity index (χ1) is 13.5. The van der Waals surface area contributed by atoms with Crippen LogP contribution in [0.3, 0.4) is 0 Å². The minimum atomic E-state index is -0.482. The van der Waals surface area contributed by atoms with E-state index >= 15 is 0 Å². The molecule has 3 N–H and O–H groups in total. The Morgan fingerprint density at radius 2 is 1.68 bits per heavy atom. The fourth-order valence-electron chi connectivity index (χ4n) is 5.35. The van der Waals surface area contributed by atoms with Gasteiger partial charge in [-0.2, -0.15) is 0 Å². The van der Waals surface area contributed by atoms with E-state index in [-0.39, 0.29) is 35.4 Å². The predicted molar refractivity (Wildman–Crippen MR) is 105 cm³/mol. The van der Waals surface area contributed by atoms with Gasteiger partial charge in [-0.05, 0) is 62.5 Å². The molecule has 2 atom stereocenters. The summed E-state index contributed by atoms with van der Waals surface area (Å²) in [6, 6.07) is 6.45. The van der Waals surface area contributed by atoms with Gasteiger partial charge in [-0.25, -0.2) is 4.39 Å². The molecule has 152 valence electrons. The molecule has 1 aliphatic heterocycles. The number of hydrogen-bond donors (Lipinski definition) is 2. The lowest BCUT2D eigenvalue weighted by atomic mass is 9.65. The van der Waals surface area contributed by atoms with Gasteiger partial charge in [-0.1, -0.05) is 18.6 Å². The number of hydrogen-bond acceptors (Lipinski definition) is 3. The van der Waals surface area contributed by atoms with Crippen LogP contribution in [0.15, 0.2) is 24.3 Å². The minimum Gasteiger partial charge on any atom is -0.353 e. The van der Waals surface area contributed by atoms with Crippen LogP contribution in [-0.4, -0.2) is 41.9 Å². The number of nitrogens with zero attached hydrogens (tertiary/aromatic N) is 1. The fourth-order valence-corrected chi connectivity index (χ4v) is 5.35. The fraction of sp³-hybridized carbons (Fsp3) is 0.636. The van der Waals surface area contributed by atoms with Crippen LogP contribution in [0.1, 0.15) is 55.3 Å². The zero-order chi connectivity index (χ0) is 19.7. The summed E-state index contributed by atoms with van der Waals surface area (Å²) in [4.78, 5) is 27.0. The molecule has 0 spiro atoms. The molecular formula is C22H30FN3O2. The molecule has 0 aromatic heterocycles. The van der Waals surface area contributed by atoms with Crippen LogP contribution in [0, 0.1) is 23.6 Å². The topological polar surface area (TPSA) is 75.4 Å². The number of carbonyl (C=O) groups is 2. The maximum absolute atomic E-state index is 13.9. The summed E-state index contributed by atoms with van der Waals surface area (Å²) < 4.78 is 13.9. The highest BCUT2D eigenvalue weighted by Crippen LogP contribution is 2.42. The zero-order valence-corrected chi connectivity index (χ0v) is 16.3. The van der Waals surface area contributed by atoms with Crippen molar-refractivity contribution in [1.82, 2.24) is 10.2 Å². The number of rotatable bonds is 3. The number of likely N-dealkylation sites (tertiary alicyclic amines) is 1. The van der Waals surface area contributed by atoms with Gasteiger partial charge in [0.05, 0.1) is 5.56 Å². The molecule has 2 unspecified atom stereocenters. The minimum absolute atomic E-state index is 0.0770. The van der Waals surface area contributed by atoms with Crippen LogP contribution in [0.5, 0.6) is 0 Å². The van der Waals surface area contributed by atoms with Crippen molar-refractivity contribution in [3.63, 3.8) is 0 Å². The highest BCUT2D eigenvalue weighted by molar-refractivity contribution is 5.94. The molecule has 0 radical (unpaired) electrons. The molecule has 1 saturated heterocycles. The second-order valence-corrected chi connectivity index (χ2v) is 8.75. The molecule has 2 saturated carbocycles. The molecule has 2 bridgehead atoms. The number of carbonyl (C=O) groups excluding carboxylic acids is 2. The molecule has 2 amide bonds. The van der Waals surface area contributed by atoms with Crippen molar-refractivity contribution in [2.45, 2.75) is 57.0 Å². The molecular weight excluding hydrogens is 357 g/mol. The quantitative estimate of drug-likeness (QED) is 0.837. The van der Waals surface area contributed by atoms with Gasteiger partial charge >= 0.3 is 0 Å². The summed E-state index contributed by atoms with van der Waals surface area (Å²) in [5, 5.41) is 3.21. The first-order valence-corrected chi connectivity index (χ1v) is 10.6. The van der Waals surface area contributed by atoms with Crippen LogP contribution in [0.25, 0.3) is 0 Å². The van der Waals surface area contributed by atoms with E-state index in [2.05, 4.69) is 5.32 Å². The Bertz CT molecular complexity index is 718. The summed E-state index contributed by atoms with van der Waals surface area (Å²) in [5.74, 6) is 0.462. The summed E-state index contributed by atoms with van der Waals surface area (Å²) in [5.41, 5.74) is 6.46. The van der Waals surface area contributed by atoms with Gasteiger partial charge < -0.3 is 16.0 Å². The van der Waals surface area contributed by atoms with Crippen molar-refractivity contribution >= 4 is 11.8 Å². The van der Waals surface area contributed by atoms with E-state index in [9.17, 15) is 14.0 Å². The van der Waals surface area contributed by atoms with E-state index in [4.69, 9.17) is 5.73 Å². The summed E-state index contributed by atoms with van der Waals surface area (Å²) in [6.45, 7) is 1.08. The third kappa shape index (κ3) is 3.93. The average Bonchev–Trinajstić information content (AvgIpc) is 2.68. The Hall–Kier alpha value is -1.95. The number of benzene rings is 1. The van der Waals surface area contributed by atoms with Gasteiger partial charge in [-0.3, -0.25) is 9.59 Å². The SMILES string of the molecule is NC1C2CCCC1CC(C(=O)NC1CCN(C(=O)c3ccccc3F)CC1)C2. The molecule has 6 heteroatoms. The third-order valence-corrected chi connectivity index (χ3v) is 7.02. The third-order valence-electron chi connectivity index (χ3n) is 7.02. The van der Waals surface area contributed by atoms with Gasteiger partial charge in [0.2, 0.25) is 5.91 Å². The molecule has 2 aliphatic carbocycles. The first kappa shape index (κ1) is 19.4. The van der Waals surface area contributed by atoms with Crippen LogP contribution in [-0.2, 0) is 4.79 Å². The molecule has 3 aliphatic rings. The molecule has 1 aromatic rings. The number of halogens is 1. The number of fused-ring (bicyclic) bond motifs is 2. The molecule has 4 rings (SSSR count). The Balaban J connectivity index is 1.28. The van der Waals surface area contributed by atoms with E-state index in [1.54, 1.807) is 17.0 Å². The van der Waals surface area contributed by atoms with Gasteiger partial charge in [0.1, 0.15) is 5.82 Å². The number of amides is 2. The lowest BCUT2D eigenvalue weighted by Crippen LogP contribution is -2.52. The van der Waals surface area contributed by atoms with Gasteiger partial charge in [0.15, 0.2) is 0 Å². The first-order valence-electron chi connectivity index (χ1n) is 10.6. The highest BCUT2D eigenvalue weighted by Gasteiger charge is 2.41. The Morgan fingerprint density at radius 3 is 2.32 bits per heavy atom. The smallest absolute Gasteiger partial charge is 0.256 e. The molecule has 28 heavy (non-hydrogen) atoms. The average molecular weight is 387 g/mol. The zero-order valence-electron chi connectivity index (χ0n) is 16.3. The monoisotopic (exact) mass is 387 g/mol. The Kier molecular flexibility index (Phi) is 5.67. The van der Waals surface area contributed by atoms with E-state index in [0.717, 1.165) is 25.7 Å². The maximum atomic E-state index is 13.9. The predicted octanol–water partition coefficient (Wildman–Crippen LogP) is 2.70. The normalized spacial score (nSPS) is 30.7. The van der Waals surface area contributed by atoms with Crippen molar-refractivity contribution in [2.75, 3.05) is 13.1 Å². The van der Waals surface area contributed by atoms with E-state index in [1.807, 2.05) is 0 Å². The highest BCUT2D eigenvalue weighted by atomic mass is 19.1. The van der Waals surface area contributed by atoms with Crippen molar-refractivity contribution in [1.29, 1.82) is 0 Å². The Labute approximate surface area is 165 Å². The second kappa shape index (κ2) is 8.19. The standard InChI is InChI=1S/C22H30FN3O2/c23-19-7-2-1-6-18(19)22(28)26-10-8-17(9-11-26)25-21(27)16-12-14-4-3-5-15(13-16)20(14)24/h1-2,6-7,14-17,20H,3-5,8-13,24H2,(H,25,27). The van der Waals surface area contributed by atoms with Crippen LogP contribution >= 0.6 is 0 Å². The van der Waals surface area contributed by atoms with E-state index in [0.29, 0.717) is 37.8 Å². The summed E-state index contributed by atoms with van der Waals surface area (Å²) in [6.07, 6.45) is 6.79. The van der Waals surface area contributed by atoms with E-state index in [1.165, 1.54) is 18.6 Å². The lowest BCUT2D eigenvalue weighted by molar-refractivity contribution is -0.128. The van der Waals surface area contributed by atoms with E-state index < -0.39 is 5.82 Å². The van der Waals surface area contributed by atoms with Crippen molar-refractivity contribution in [3.8, 4) is 0 Å².